The molecule has 1 aromatic rings. The van der Waals surface area contributed by atoms with Gasteiger partial charge in [-0.2, -0.15) is 0 Å². The number of anilines is 2. The van der Waals surface area contributed by atoms with Crippen molar-refractivity contribution in [2.75, 3.05) is 47.5 Å². The second kappa shape index (κ2) is 6.15. The fourth-order valence-corrected chi connectivity index (χ4v) is 5.84. The Balaban J connectivity index is 1.54. The molecule has 26 heavy (non-hydrogen) atoms. The Bertz CT molecular complexity index is 790. The van der Waals surface area contributed by atoms with Crippen LogP contribution in [0.1, 0.15) is 20.3 Å². The van der Waals surface area contributed by atoms with Crippen LogP contribution in [0.2, 0.25) is 0 Å². The smallest absolute Gasteiger partial charge is 0.224 e. The first-order valence-corrected chi connectivity index (χ1v) is 11.2. The molecular weight excluding hydrogens is 350 g/mol. The molecule has 142 valence electrons. The van der Waals surface area contributed by atoms with Gasteiger partial charge in [0, 0.05) is 37.6 Å². The van der Waals surface area contributed by atoms with Crippen LogP contribution in [0.5, 0.6) is 0 Å². The first kappa shape index (κ1) is 17.6. The molecule has 7 heteroatoms. The highest BCUT2D eigenvalue weighted by Crippen LogP contribution is 2.42. The van der Waals surface area contributed by atoms with E-state index in [9.17, 15) is 13.2 Å². The topological polar surface area (TPSA) is 69.7 Å². The molecule has 0 radical (unpaired) electrons. The molecule has 6 nitrogen and oxygen atoms in total. The zero-order valence-electron chi connectivity index (χ0n) is 15.4. The number of hydrogen-bond donors (Lipinski definition) is 1. The van der Waals surface area contributed by atoms with E-state index in [4.69, 9.17) is 0 Å². The molecule has 1 N–H and O–H groups in total. The van der Waals surface area contributed by atoms with Crippen LogP contribution < -0.4 is 15.1 Å². The summed E-state index contributed by atoms with van der Waals surface area (Å²) in [5.41, 5.74) is 2.29. The minimum Gasteiger partial charge on any atom is -0.369 e. The van der Waals surface area contributed by atoms with Gasteiger partial charge in [0.05, 0.1) is 23.5 Å². The first-order valence-electron chi connectivity index (χ1n) is 9.35. The molecule has 2 atom stereocenters. The van der Waals surface area contributed by atoms with Crippen molar-refractivity contribution < 1.29 is 13.2 Å². The van der Waals surface area contributed by atoms with E-state index in [1.54, 1.807) is 0 Å². The molecule has 0 unspecified atom stereocenters. The van der Waals surface area contributed by atoms with Crippen LogP contribution in [-0.4, -0.2) is 58.1 Å². The maximum atomic E-state index is 12.3. The lowest BCUT2D eigenvalue weighted by Crippen LogP contribution is -2.53. The molecular formula is C19H27N3O3S. The maximum Gasteiger partial charge on any atom is 0.224 e. The highest BCUT2D eigenvalue weighted by molar-refractivity contribution is 7.91. The Kier molecular flexibility index (Phi) is 4.17. The van der Waals surface area contributed by atoms with Gasteiger partial charge in [0.15, 0.2) is 9.84 Å². The lowest BCUT2D eigenvalue weighted by atomic mass is 9.73. The molecule has 5 rings (SSSR count). The van der Waals surface area contributed by atoms with Crippen molar-refractivity contribution >= 4 is 27.1 Å². The van der Waals surface area contributed by atoms with E-state index in [0.29, 0.717) is 19.6 Å². The lowest BCUT2D eigenvalue weighted by Gasteiger charge is -2.47. The molecule has 0 aromatic heterocycles. The lowest BCUT2D eigenvalue weighted by molar-refractivity contribution is -0.124. The predicted molar refractivity (Wildman–Crippen MR) is 103 cm³/mol. The van der Waals surface area contributed by atoms with Crippen LogP contribution >= 0.6 is 0 Å². The van der Waals surface area contributed by atoms with Crippen LogP contribution in [0, 0.1) is 11.3 Å². The molecule has 0 aliphatic carbocycles. The summed E-state index contributed by atoms with van der Waals surface area (Å²) < 4.78 is 23.2. The van der Waals surface area contributed by atoms with E-state index >= 15 is 0 Å². The first-order chi connectivity index (χ1) is 12.3. The summed E-state index contributed by atoms with van der Waals surface area (Å²) >= 11 is 0. The maximum absolute atomic E-state index is 12.3. The second-order valence-corrected chi connectivity index (χ2v) is 10.8. The number of sulfone groups is 1. The molecule has 4 aliphatic heterocycles. The van der Waals surface area contributed by atoms with Gasteiger partial charge in [-0.25, -0.2) is 8.42 Å². The van der Waals surface area contributed by atoms with E-state index in [1.807, 2.05) is 0 Å². The van der Waals surface area contributed by atoms with Crippen LogP contribution in [0.3, 0.4) is 0 Å². The predicted octanol–water partition coefficient (Wildman–Crippen LogP) is 1.27. The van der Waals surface area contributed by atoms with Crippen LogP contribution in [-0.2, 0) is 14.6 Å². The van der Waals surface area contributed by atoms with E-state index in [-0.39, 0.29) is 34.8 Å². The zero-order valence-corrected chi connectivity index (χ0v) is 16.3. The van der Waals surface area contributed by atoms with Crippen molar-refractivity contribution in [2.24, 2.45) is 11.3 Å². The van der Waals surface area contributed by atoms with Gasteiger partial charge >= 0.3 is 0 Å². The van der Waals surface area contributed by atoms with Gasteiger partial charge in [-0.1, -0.05) is 13.8 Å². The number of piperidine rings is 1. The minimum atomic E-state index is -2.87. The summed E-state index contributed by atoms with van der Waals surface area (Å²) in [4.78, 5) is 16.8. The molecule has 0 spiro atoms. The molecule has 4 aliphatic rings. The van der Waals surface area contributed by atoms with Crippen LogP contribution in [0.25, 0.3) is 0 Å². The molecule has 1 aromatic carbocycles. The zero-order chi connectivity index (χ0) is 18.5. The van der Waals surface area contributed by atoms with Crippen molar-refractivity contribution in [2.45, 2.75) is 26.3 Å². The van der Waals surface area contributed by atoms with Crippen LogP contribution in [0.15, 0.2) is 24.3 Å². The summed E-state index contributed by atoms with van der Waals surface area (Å²) in [6.07, 6.45) is 0.931. The van der Waals surface area contributed by atoms with Crippen molar-refractivity contribution in [3.05, 3.63) is 24.3 Å². The van der Waals surface area contributed by atoms with Gasteiger partial charge in [0.1, 0.15) is 0 Å². The third-order valence-electron chi connectivity index (χ3n) is 6.20. The number of fused-ring (bicyclic) bond motifs is 4. The highest BCUT2D eigenvalue weighted by Gasteiger charge is 2.46. The van der Waals surface area contributed by atoms with Crippen LogP contribution in [0.4, 0.5) is 11.4 Å². The third kappa shape index (κ3) is 3.17. The molecule has 0 saturated carbocycles. The van der Waals surface area contributed by atoms with E-state index in [0.717, 1.165) is 24.3 Å². The molecule has 4 heterocycles. The molecule has 4 fully saturated rings. The van der Waals surface area contributed by atoms with E-state index in [1.165, 1.54) is 0 Å². The van der Waals surface area contributed by atoms with E-state index < -0.39 is 9.84 Å². The Hall–Kier alpha value is -1.76. The number of carbonyl (C=O) groups is 1. The largest absolute Gasteiger partial charge is 0.369 e. The molecule has 4 saturated heterocycles. The summed E-state index contributed by atoms with van der Waals surface area (Å²) in [5, 5.41) is 3.09. The normalized spacial score (nSPS) is 30.0. The number of nitrogens with zero attached hydrogens (tertiary/aromatic N) is 2. The second-order valence-electron chi connectivity index (χ2n) is 8.46. The van der Waals surface area contributed by atoms with E-state index in [2.05, 4.69) is 53.2 Å². The number of benzene rings is 1. The quantitative estimate of drug-likeness (QED) is 0.841. The Morgan fingerprint density at radius 2 is 1.69 bits per heavy atom. The SMILES string of the molecule is CC1(C)C[C@@H]2CN(c3ccc(N4CCS(=O)(=O)CC4)cc3)[C@H]1CNC2=O. The number of carbonyl (C=O) groups excluding carboxylic acids is 1. The van der Waals surface area contributed by atoms with Gasteiger partial charge < -0.3 is 15.1 Å². The number of hydrogen-bond acceptors (Lipinski definition) is 5. The highest BCUT2D eigenvalue weighted by atomic mass is 32.2. The number of amides is 1. The summed E-state index contributed by atoms with van der Waals surface area (Å²) in [5.74, 6) is 0.670. The average molecular weight is 378 g/mol. The fourth-order valence-electron chi connectivity index (χ4n) is 4.64. The Morgan fingerprint density at radius 3 is 2.35 bits per heavy atom. The molecule has 2 bridgehead atoms. The fraction of sp³-hybridized carbons (Fsp3) is 0.632. The Morgan fingerprint density at radius 1 is 1.08 bits per heavy atom. The third-order valence-corrected chi connectivity index (χ3v) is 7.81. The van der Waals surface area contributed by atoms with Gasteiger partial charge in [0.2, 0.25) is 5.91 Å². The van der Waals surface area contributed by atoms with Gasteiger partial charge in [-0.15, -0.1) is 0 Å². The summed E-state index contributed by atoms with van der Waals surface area (Å²) in [6, 6.07) is 8.66. The average Bonchev–Trinajstić information content (AvgIpc) is 2.81. The standard InChI is InChI=1S/C19H27N3O3S/c1-19(2)11-14-13-22(17(19)12-20-18(14)23)16-5-3-15(4-6-16)21-7-9-26(24,25)10-8-21/h3-6,14,17H,7-13H2,1-2H3,(H,20,23)/t14-,17+/m1/s1. The van der Waals surface area contributed by atoms with Gasteiger partial charge in [0.25, 0.3) is 0 Å². The van der Waals surface area contributed by atoms with Crippen molar-refractivity contribution in [1.82, 2.24) is 5.32 Å². The van der Waals surface area contributed by atoms with Crippen molar-refractivity contribution in [3.8, 4) is 0 Å². The van der Waals surface area contributed by atoms with Gasteiger partial charge in [-0.3, -0.25) is 4.79 Å². The number of rotatable bonds is 2. The monoisotopic (exact) mass is 377 g/mol. The number of nitrogens with one attached hydrogen (secondary N) is 1. The summed E-state index contributed by atoms with van der Waals surface area (Å²) in [7, 11) is -2.87. The minimum absolute atomic E-state index is 0.0377. The van der Waals surface area contributed by atoms with Gasteiger partial charge in [-0.05, 0) is 36.1 Å². The molecule has 1 amide bonds. The van der Waals surface area contributed by atoms with Crippen molar-refractivity contribution in [3.63, 3.8) is 0 Å². The Labute approximate surface area is 155 Å². The van der Waals surface area contributed by atoms with Crippen molar-refractivity contribution in [1.29, 1.82) is 0 Å². The summed E-state index contributed by atoms with van der Waals surface area (Å²) in [6.45, 7) is 7.07.